The molecule has 1 aliphatic rings. The van der Waals surface area contributed by atoms with Gasteiger partial charge in [0.1, 0.15) is 24.3 Å². The monoisotopic (exact) mass is 475 g/mol. The predicted molar refractivity (Wildman–Crippen MR) is 125 cm³/mol. The lowest BCUT2D eigenvalue weighted by molar-refractivity contribution is -0.137. The number of nitrogens with zero attached hydrogens (tertiary/aromatic N) is 9. The number of carbonyl (C=O) groups is 1. The molecule has 5 heterocycles. The molecule has 0 aliphatic carbocycles. The number of anilines is 1. The fourth-order valence-corrected chi connectivity index (χ4v) is 4.30. The lowest BCUT2D eigenvalue weighted by Crippen LogP contribution is -2.21. The third-order valence-corrected chi connectivity index (χ3v) is 6.06. The molecule has 4 aromatic heterocycles. The van der Waals surface area contributed by atoms with Crippen molar-refractivity contribution in [3.05, 3.63) is 54.4 Å². The van der Waals surface area contributed by atoms with Crippen LogP contribution in [0.2, 0.25) is 0 Å². The van der Waals surface area contributed by atoms with E-state index in [4.69, 9.17) is 14.8 Å². The molecule has 1 atom stereocenters. The molecule has 1 N–H and O–H groups in total. The quantitative estimate of drug-likeness (QED) is 0.403. The Kier molecular flexibility index (Phi) is 6.08. The molecule has 1 aliphatic heterocycles. The zero-order chi connectivity index (χ0) is 24.4. The predicted octanol–water partition coefficient (Wildman–Crippen LogP) is 2.04. The molecule has 0 radical (unpaired) electrons. The number of carboxylic acids is 1. The first-order valence-electron chi connectivity index (χ1n) is 11.3. The summed E-state index contributed by atoms with van der Waals surface area (Å²) in [5, 5.41) is 21.7. The van der Waals surface area contributed by atoms with Crippen LogP contribution in [0, 0.1) is 12.8 Å². The van der Waals surface area contributed by atoms with Crippen molar-refractivity contribution >= 4 is 11.7 Å². The Balaban J connectivity index is 1.32. The van der Waals surface area contributed by atoms with Gasteiger partial charge in [0.2, 0.25) is 5.88 Å². The van der Waals surface area contributed by atoms with Crippen LogP contribution in [0.25, 0.3) is 17.2 Å². The highest BCUT2D eigenvalue weighted by atomic mass is 16.5. The largest absolute Gasteiger partial charge is 0.481 e. The van der Waals surface area contributed by atoms with Crippen molar-refractivity contribution in [2.24, 2.45) is 13.0 Å². The smallest absolute Gasteiger partial charge is 0.303 e. The van der Waals surface area contributed by atoms with E-state index in [1.165, 1.54) is 6.33 Å². The van der Waals surface area contributed by atoms with Crippen LogP contribution in [0.5, 0.6) is 5.88 Å². The molecule has 0 bridgehead atoms. The summed E-state index contributed by atoms with van der Waals surface area (Å²) < 4.78 is 9.22. The Hall–Kier alpha value is -4.35. The number of hydrogen-bond acceptors (Lipinski definition) is 9. The van der Waals surface area contributed by atoms with Gasteiger partial charge in [-0.15, -0.1) is 5.10 Å². The minimum Gasteiger partial charge on any atom is -0.481 e. The zero-order valence-corrected chi connectivity index (χ0v) is 19.4. The van der Waals surface area contributed by atoms with Crippen LogP contribution in [-0.2, 0) is 18.4 Å². The standard InChI is InChI=1S/C23H25N9O3/c1-15-18(31-9-6-16(12-31)10-22(33)34)5-4-17(27-15)23-19(30(2)29-28-23)13-35-21-11-20(24-14-25-21)32-8-3-7-26-32/h3-5,7-8,11,14,16H,6,9-10,12-13H2,1-2H3,(H,33,34)/t16-/m1/s1. The summed E-state index contributed by atoms with van der Waals surface area (Å²) in [6.45, 7) is 3.69. The first-order valence-corrected chi connectivity index (χ1v) is 11.3. The van der Waals surface area contributed by atoms with Crippen molar-refractivity contribution in [3.8, 4) is 23.1 Å². The molecule has 35 heavy (non-hydrogen) atoms. The van der Waals surface area contributed by atoms with E-state index < -0.39 is 5.97 Å². The molecule has 1 saturated heterocycles. The average Bonchev–Trinajstić information content (AvgIpc) is 3.59. The summed E-state index contributed by atoms with van der Waals surface area (Å²) in [5.41, 5.74) is 3.95. The molecule has 0 saturated carbocycles. The van der Waals surface area contributed by atoms with Crippen LogP contribution in [0.15, 0.2) is 43.0 Å². The van der Waals surface area contributed by atoms with Gasteiger partial charge < -0.3 is 14.7 Å². The SMILES string of the molecule is Cc1nc(-c2nnn(C)c2COc2cc(-n3cccn3)ncn2)ccc1N1CC[C@H](CC(=O)O)C1. The minimum atomic E-state index is -0.751. The minimum absolute atomic E-state index is 0.158. The second-order valence-corrected chi connectivity index (χ2v) is 8.46. The Morgan fingerprint density at radius 1 is 1.29 bits per heavy atom. The van der Waals surface area contributed by atoms with Crippen LogP contribution in [0.4, 0.5) is 5.69 Å². The molecule has 0 aromatic carbocycles. The zero-order valence-electron chi connectivity index (χ0n) is 19.4. The van der Waals surface area contributed by atoms with Gasteiger partial charge in [-0.25, -0.2) is 24.3 Å². The van der Waals surface area contributed by atoms with Crippen LogP contribution in [-0.4, -0.2) is 63.9 Å². The van der Waals surface area contributed by atoms with E-state index in [9.17, 15) is 4.79 Å². The first kappa shape index (κ1) is 22.4. The van der Waals surface area contributed by atoms with E-state index in [-0.39, 0.29) is 18.9 Å². The molecule has 180 valence electrons. The maximum absolute atomic E-state index is 11.0. The Bertz CT molecular complexity index is 1340. The highest BCUT2D eigenvalue weighted by molar-refractivity contribution is 5.67. The van der Waals surface area contributed by atoms with Gasteiger partial charge >= 0.3 is 5.97 Å². The second-order valence-electron chi connectivity index (χ2n) is 8.46. The van der Waals surface area contributed by atoms with Gasteiger partial charge in [0, 0.05) is 45.0 Å². The molecule has 12 heteroatoms. The van der Waals surface area contributed by atoms with Crippen molar-refractivity contribution in [2.75, 3.05) is 18.0 Å². The number of rotatable bonds is 8. The first-order chi connectivity index (χ1) is 17.0. The number of aryl methyl sites for hydroxylation is 2. The molecule has 1 fully saturated rings. The van der Waals surface area contributed by atoms with Crippen molar-refractivity contribution in [2.45, 2.75) is 26.4 Å². The lowest BCUT2D eigenvalue weighted by Gasteiger charge is -2.20. The number of carboxylic acid groups (broad SMARTS) is 1. The summed E-state index contributed by atoms with van der Waals surface area (Å²) in [7, 11) is 1.80. The number of hydrogen-bond donors (Lipinski definition) is 1. The fraction of sp³-hybridized carbons (Fsp3) is 0.348. The highest BCUT2D eigenvalue weighted by Crippen LogP contribution is 2.30. The van der Waals surface area contributed by atoms with Gasteiger partial charge in [-0.05, 0) is 37.5 Å². The third kappa shape index (κ3) is 4.81. The van der Waals surface area contributed by atoms with E-state index in [0.717, 1.165) is 36.6 Å². The van der Waals surface area contributed by atoms with Crippen LogP contribution in [0.3, 0.4) is 0 Å². The summed E-state index contributed by atoms with van der Waals surface area (Å²) in [5.74, 6) is 0.413. The highest BCUT2D eigenvalue weighted by Gasteiger charge is 2.26. The molecule has 12 nitrogen and oxygen atoms in total. The Morgan fingerprint density at radius 3 is 2.94 bits per heavy atom. The maximum Gasteiger partial charge on any atom is 0.303 e. The van der Waals surface area contributed by atoms with Crippen molar-refractivity contribution in [3.63, 3.8) is 0 Å². The fourth-order valence-electron chi connectivity index (χ4n) is 4.30. The number of pyridine rings is 1. The van der Waals surface area contributed by atoms with E-state index in [0.29, 0.717) is 23.1 Å². The molecular weight excluding hydrogens is 450 g/mol. The summed E-state index contributed by atoms with van der Waals surface area (Å²) in [4.78, 5) is 26.4. The van der Waals surface area contributed by atoms with Crippen molar-refractivity contribution in [1.29, 1.82) is 0 Å². The van der Waals surface area contributed by atoms with E-state index >= 15 is 0 Å². The van der Waals surface area contributed by atoms with E-state index in [2.05, 4.69) is 30.3 Å². The van der Waals surface area contributed by atoms with Gasteiger partial charge in [-0.2, -0.15) is 5.10 Å². The third-order valence-electron chi connectivity index (χ3n) is 6.06. The molecule has 4 aromatic rings. The van der Waals surface area contributed by atoms with Crippen molar-refractivity contribution < 1.29 is 14.6 Å². The average molecular weight is 476 g/mol. The van der Waals surface area contributed by atoms with E-state index in [1.807, 2.05) is 25.1 Å². The summed E-state index contributed by atoms with van der Waals surface area (Å²) in [6.07, 6.45) is 5.96. The van der Waals surface area contributed by atoms with Crippen LogP contribution >= 0.6 is 0 Å². The lowest BCUT2D eigenvalue weighted by atomic mass is 10.1. The number of ether oxygens (including phenoxy) is 1. The Morgan fingerprint density at radius 2 is 2.17 bits per heavy atom. The van der Waals surface area contributed by atoms with Gasteiger partial charge in [-0.1, -0.05) is 5.21 Å². The molecular formula is C23H25N9O3. The molecule has 0 unspecified atom stereocenters. The van der Waals surface area contributed by atoms with Gasteiger partial charge in [0.25, 0.3) is 0 Å². The molecule has 5 rings (SSSR count). The second kappa shape index (κ2) is 9.49. The van der Waals surface area contributed by atoms with Gasteiger partial charge in [0.05, 0.1) is 17.1 Å². The maximum atomic E-state index is 11.0. The molecule has 0 amide bonds. The summed E-state index contributed by atoms with van der Waals surface area (Å²) >= 11 is 0. The molecule has 0 spiro atoms. The van der Waals surface area contributed by atoms with Crippen molar-refractivity contribution in [1.82, 2.24) is 39.7 Å². The van der Waals surface area contributed by atoms with Gasteiger partial charge in [-0.3, -0.25) is 4.79 Å². The van der Waals surface area contributed by atoms with Crippen LogP contribution < -0.4 is 9.64 Å². The summed E-state index contributed by atoms with van der Waals surface area (Å²) in [6, 6.07) is 7.46. The Labute approximate surface area is 201 Å². The van der Waals surface area contributed by atoms with Crippen LogP contribution in [0.1, 0.15) is 24.2 Å². The van der Waals surface area contributed by atoms with Gasteiger partial charge in [0.15, 0.2) is 5.82 Å². The van der Waals surface area contributed by atoms with E-state index in [1.54, 1.807) is 34.9 Å². The topological polar surface area (TPSA) is 137 Å². The number of aliphatic carboxylic acids is 1. The number of aromatic nitrogens is 8. The normalized spacial score (nSPS) is 15.5.